The molecule has 36 heavy (non-hydrogen) atoms. The van der Waals surface area contributed by atoms with Gasteiger partial charge in [-0.2, -0.15) is 0 Å². The summed E-state index contributed by atoms with van der Waals surface area (Å²) in [5.74, 6) is 1.53. The lowest BCUT2D eigenvalue weighted by Crippen LogP contribution is -2.24. The Bertz CT molecular complexity index is 1350. The largest absolute Gasteiger partial charge is 0.493 e. The van der Waals surface area contributed by atoms with Crippen LogP contribution >= 0.6 is 0 Å². The zero-order valence-electron chi connectivity index (χ0n) is 22.6. The number of nitrogens with zero attached hydrogens (tertiary/aromatic N) is 2. The summed E-state index contributed by atoms with van der Waals surface area (Å²) in [5.41, 5.74) is 10.6. The fourth-order valence-electron chi connectivity index (χ4n) is 5.05. The van der Waals surface area contributed by atoms with Crippen molar-refractivity contribution in [3.8, 4) is 17.2 Å². The number of aromatic nitrogens is 2. The van der Waals surface area contributed by atoms with Crippen LogP contribution < -0.4 is 20.1 Å². The fraction of sp³-hybridized carbons (Fsp3) is 0.367. The van der Waals surface area contributed by atoms with Gasteiger partial charge in [-0.05, 0) is 88.5 Å². The first-order chi connectivity index (χ1) is 17.3. The maximum Gasteiger partial charge on any atom is 0.160 e. The van der Waals surface area contributed by atoms with Crippen molar-refractivity contribution < 1.29 is 9.47 Å². The van der Waals surface area contributed by atoms with Gasteiger partial charge in [0.25, 0.3) is 0 Å². The van der Waals surface area contributed by atoms with Crippen molar-refractivity contribution in [3.05, 3.63) is 76.1 Å². The number of fused-ring (bicyclic) bond motifs is 1. The number of anilines is 1. The summed E-state index contributed by atoms with van der Waals surface area (Å²) in [7, 11) is 3.33. The predicted octanol–water partition coefficient (Wildman–Crippen LogP) is 5.83. The van der Waals surface area contributed by atoms with E-state index in [1.54, 1.807) is 14.2 Å². The normalized spacial score (nSPS) is 11.2. The number of pyridine rings is 1. The molecule has 0 saturated heterocycles. The smallest absolute Gasteiger partial charge is 0.160 e. The summed E-state index contributed by atoms with van der Waals surface area (Å²) < 4.78 is 13.0. The van der Waals surface area contributed by atoms with Gasteiger partial charge in [-0.1, -0.05) is 23.8 Å². The zero-order valence-corrected chi connectivity index (χ0v) is 22.6. The van der Waals surface area contributed by atoms with E-state index in [4.69, 9.17) is 14.5 Å². The average Bonchev–Trinajstić information content (AvgIpc) is 3.16. The molecule has 0 aliphatic carbocycles. The molecule has 2 heterocycles. The minimum Gasteiger partial charge on any atom is -0.493 e. The van der Waals surface area contributed by atoms with Crippen molar-refractivity contribution in [2.75, 3.05) is 39.2 Å². The molecule has 0 amide bonds. The van der Waals surface area contributed by atoms with Crippen molar-refractivity contribution in [2.45, 2.75) is 41.0 Å². The number of nitrogens with one attached hydrogen (secondary N) is 2. The molecule has 0 saturated carbocycles. The maximum absolute atomic E-state index is 5.41. The minimum atomic E-state index is 0.758. The molecule has 2 aromatic heterocycles. The van der Waals surface area contributed by atoms with Crippen LogP contribution in [-0.4, -0.2) is 43.4 Å². The van der Waals surface area contributed by atoms with E-state index < -0.39 is 0 Å². The molecule has 4 rings (SSSR count). The Labute approximate surface area is 214 Å². The van der Waals surface area contributed by atoms with E-state index in [2.05, 4.69) is 80.2 Å². The van der Waals surface area contributed by atoms with Crippen LogP contribution in [0, 0.1) is 34.6 Å². The number of methoxy groups -OCH3 is 2. The number of benzene rings is 2. The summed E-state index contributed by atoms with van der Waals surface area (Å²) in [6.07, 6.45) is 0.927. The second-order valence-corrected chi connectivity index (χ2v) is 9.53. The Balaban J connectivity index is 1.43. The molecule has 0 atom stereocenters. The standard InChI is InChI=1S/C30H38N4O2/c1-19-14-20(2)29(21(3)15-19)34-23(5)17-25-26(16-22(4)33-30(25)34)32-13-12-31-11-10-24-8-9-27(35-6)28(18-24)36-7/h8-9,14-18,31H,10-13H2,1-7H3,(H,32,33). The lowest BCUT2D eigenvalue weighted by atomic mass is 10.0. The third kappa shape index (κ3) is 5.34. The van der Waals surface area contributed by atoms with Gasteiger partial charge in [-0.25, -0.2) is 4.98 Å². The van der Waals surface area contributed by atoms with Crippen LogP contribution in [0.25, 0.3) is 16.7 Å². The molecule has 2 aromatic carbocycles. The molecule has 0 fully saturated rings. The molecule has 0 aliphatic rings. The maximum atomic E-state index is 5.41. The molecule has 0 spiro atoms. The van der Waals surface area contributed by atoms with Crippen LogP contribution in [0.2, 0.25) is 0 Å². The van der Waals surface area contributed by atoms with E-state index in [1.165, 1.54) is 33.6 Å². The monoisotopic (exact) mass is 486 g/mol. The molecular weight excluding hydrogens is 448 g/mol. The lowest BCUT2D eigenvalue weighted by molar-refractivity contribution is 0.354. The van der Waals surface area contributed by atoms with Gasteiger partial charge in [-0.15, -0.1) is 0 Å². The third-order valence-electron chi connectivity index (χ3n) is 6.60. The van der Waals surface area contributed by atoms with E-state index in [-0.39, 0.29) is 0 Å². The van der Waals surface area contributed by atoms with Crippen LogP contribution in [0.1, 0.15) is 33.6 Å². The molecule has 0 radical (unpaired) electrons. The van der Waals surface area contributed by atoms with E-state index in [0.717, 1.165) is 60.0 Å². The number of hydrogen-bond donors (Lipinski definition) is 2. The van der Waals surface area contributed by atoms with Crippen molar-refractivity contribution in [1.29, 1.82) is 0 Å². The van der Waals surface area contributed by atoms with E-state index in [1.807, 2.05) is 12.1 Å². The van der Waals surface area contributed by atoms with Crippen molar-refractivity contribution in [1.82, 2.24) is 14.9 Å². The number of hydrogen-bond acceptors (Lipinski definition) is 5. The van der Waals surface area contributed by atoms with Crippen molar-refractivity contribution in [3.63, 3.8) is 0 Å². The first-order valence-electron chi connectivity index (χ1n) is 12.6. The minimum absolute atomic E-state index is 0.758. The van der Waals surface area contributed by atoms with Crippen LogP contribution in [0.5, 0.6) is 11.5 Å². The highest BCUT2D eigenvalue weighted by Crippen LogP contribution is 2.32. The van der Waals surface area contributed by atoms with Gasteiger partial charge in [-0.3, -0.25) is 4.57 Å². The average molecular weight is 487 g/mol. The molecule has 190 valence electrons. The summed E-state index contributed by atoms with van der Waals surface area (Å²) in [6, 6.07) is 15.0. The SMILES string of the molecule is COc1ccc(CCNCCNc2cc(C)nc3c2cc(C)n3-c2c(C)cc(C)cc2C)cc1OC. The van der Waals surface area contributed by atoms with E-state index in [0.29, 0.717) is 0 Å². The van der Waals surface area contributed by atoms with Gasteiger partial charge in [0.05, 0.1) is 19.9 Å². The first-order valence-corrected chi connectivity index (χ1v) is 12.6. The summed E-state index contributed by atoms with van der Waals surface area (Å²) in [5, 5.41) is 8.33. The van der Waals surface area contributed by atoms with Crippen LogP contribution in [0.3, 0.4) is 0 Å². The molecule has 6 heteroatoms. The van der Waals surface area contributed by atoms with Crippen LogP contribution in [0.15, 0.2) is 42.5 Å². The van der Waals surface area contributed by atoms with Gasteiger partial charge < -0.3 is 20.1 Å². The Morgan fingerprint density at radius 3 is 2.22 bits per heavy atom. The Morgan fingerprint density at radius 1 is 0.806 bits per heavy atom. The van der Waals surface area contributed by atoms with Gasteiger partial charge in [0.2, 0.25) is 0 Å². The quantitative estimate of drug-likeness (QED) is 0.276. The Hall–Kier alpha value is -3.51. The van der Waals surface area contributed by atoms with Gasteiger partial charge >= 0.3 is 0 Å². The molecule has 0 unspecified atom stereocenters. The second kappa shape index (κ2) is 11.0. The molecule has 2 N–H and O–H groups in total. The predicted molar refractivity (Wildman–Crippen MR) is 149 cm³/mol. The summed E-state index contributed by atoms with van der Waals surface area (Å²) >= 11 is 0. The highest BCUT2D eigenvalue weighted by atomic mass is 16.5. The second-order valence-electron chi connectivity index (χ2n) is 9.53. The van der Waals surface area contributed by atoms with Crippen molar-refractivity contribution in [2.24, 2.45) is 0 Å². The van der Waals surface area contributed by atoms with Crippen molar-refractivity contribution >= 4 is 16.7 Å². The van der Waals surface area contributed by atoms with Gasteiger partial charge in [0.1, 0.15) is 5.65 Å². The molecule has 0 aliphatic heterocycles. The lowest BCUT2D eigenvalue weighted by Gasteiger charge is -2.16. The number of ether oxygens (including phenoxy) is 2. The summed E-state index contributed by atoms with van der Waals surface area (Å²) in [6.45, 7) is 13.3. The molecular formula is C30H38N4O2. The van der Waals surface area contributed by atoms with E-state index in [9.17, 15) is 0 Å². The first kappa shape index (κ1) is 25.6. The van der Waals surface area contributed by atoms with Crippen LogP contribution in [0.4, 0.5) is 5.69 Å². The zero-order chi connectivity index (χ0) is 25.8. The summed E-state index contributed by atoms with van der Waals surface area (Å²) in [4.78, 5) is 4.94. The molecule has 6 nitrogen and oxygen atoms in total. The van der Waals surface area contributed by atoms with Crippen LogP contribution in [-0.2, 0) is 6.42 Å². The highest BCUT2D eigenvalue weighted by Gasteiger charge is 2.16. The number of aryl methyl sites for hydroxylation is 5. The fourth-order valence-corrected chi connectivity index (χ4v) is 5.05. The topological polar surface area (TPSA) is 60.3 Å². The Morgan fingerprint density at radius 2 is 1.53 bits per heavy atom. The Kier molecular flexibility index (Phi) is 7.85. The molecule has 4 aromatic rings. The third-order valence-corrected chi connectivity index (χ3v) is 6.60. The van der Waals surface area contributed by atoms with Gasteiger partial charge in [0, 0.05) is 35.6 Å². The van der Waals surface area contributed by atoms with E-state index >= 15 is 0 Å². The highest BCUT2D eigenvalue weighted by molar-refractivity contribution is 5.92. The van der Waals surface area contributed by atoms with Gasteiger partial charge in [0.15, 0.2) is 11.5 Å². The number of rotatable bonds is 10. The molecule has 0 bridgehead atoms.